The summed E-state index contributed by atoms with van der Waals surface area (Å²) in [6.07, 6.45) is 3.00. The normalized spacial score (nSPS) is 16.4. The van der Waals surface area contributed by atoms with Gasteiger partial charge in [-0.3, -0.25) is 4.79 Å². The molecule has 0 saturated carbocycles. The Hall–Kier alpha value is -3.16. The Bertz CT molecular complexity index is 1260. The molecule has 34 heavy (non-hydrogen) atoms. The topological polar surface area (TPSA) is 84.5 Å². The Morgan fingerprint density at radius 1 is 1.06 bits per heavy atom. The van der Waals surface area contributed by atoms with Crippen LogP contribution in [0.1, 0.15) is 41.1 Å². The second kappa shape index (κ2) is 10.4. The number of aryl methyl sites for hydroxylation is 2. The molecule has 3 aromatic rings. The van der Waals surface area contributed by atoms with Crippen LogP contribution in [-0.4, -0.2) is 27.5 Å². The molecule has 0 saturated heterocycles. The molecule has 0 fully saturated rings. The van der Waals surface area contributed by atoms with Gasteiger partial charge in [0, 0.05) is 0 Å². The highest BCUT2D eigenvalue weighted by molar-refractivity contribution is 7.89. The molecule has 3 aromatic carbocycles. The van der Waals surface area contributed by atoms with Crippen molar-refractivity contribution >= 4 is 15.9 Å². The summed E-state index contributed by atoms with van der Waals surface area (Å²) in [4.78, 5) is 13.5. The molecule has 178 valence electrons. The van der Waals surface area contributed by atoms with E-state index in [-0.39, 0.29) is 29.0 Å². The predicted molar refractivity (Wildman–Crippen MR) is 132 cm³/mol. The summed E-state index contributed by atoms with van der Waals surface area (Å²) in [5.41, 5.74) is 3.97. The number of fused-ring (bicyclic) bond motifs is 1. The number of amides is 1. The first-order chi connectivity index (χ1) is 16.4. The van der Waals surface area contributed by atoms with Gasteiger partial charge >= 0.3 is 0 Å². The third-order valence-electron chi connectivity index (χ3n) is 6.19. The van der Waals surface area contributed by atoms with Crippen LogP contribution in [0.15, 0.2) is 77.7 Å². The van der Waals surface area contributed by atoms with E-state index < -0.39 is 16.1 Å². The van der Waals surface area contributed by atoms with Crippen LogP contribution in [0.25, 0.3) is 0 Å². The van der Waals surface area contributed by atoms with E-state index in [0.717, 1.165) is 36.0 Å². The van der Waals surface area contributed by atoms with Gasteiger partial charge in [0.15, 0.2) is 0 Å². The Morgan fingerprint density at radius 3 is 2.56 bits per heavy atom. The minimum Gasteiger partial charge on any atom is -0.495 e. The fourth-order valence-corrected chi connectivity index (χ4v) is 5.91. The Kier molecular flexibility index (Phi) is 7.34. The molecule has 0 bridgehead atoms. The molecule has 2 atom stereocenters. The number of sulfonamides is 1. The van der Waals surface area contributed by atoms with Gasteiger partial charge in [-0.05, 0) is 67.0 Å². The second-order valence-electron chi connectivity index (χ2n) is 8.67. The molecular formula is C27H30N2O4S. The van der Waals surface area contributed by atoms with Crippen molar-refractivity contribution in [2.45, 2.75) is 49.6 Å². The van der Waals surface area contributed by atoms with Crippen molar-refractivity contribution in [1.29, 1.82) is 0 Å². The standard InChI is InChI=1S/C27H30N2O4S/c1-19-15-16-25(33-2)26(17-19)34(31,32)29-24(18-20-9-4-3-5-10-20)27(30)28-23-14-8-12-21-11-6-7-13-22(21)23/h3-7,9-11,13,15-17,23-24,29H,8,12,14,18H2,1-2H3,(H,28,30). The summed E-state index contributed by atoms with van der Waals surface area (Å²) >= 11 is 0. The first-order valence-corrected chi connectivity index (χ1v) is 12.9. The zero-order valence-electron chi connectivity index (χ0n) is 19.5. The molecule has 0 aliphatic heterocycles. The summed E-state index contributed by atoms with van der Waals surface area (Å²) < 4.78 is 34.7. The summed E-state index contributed by atoms with van der Waals surface area (Å²) in [6, 6.07) is 21.3. The predicted octanol–water partition coefficient (Wildman–Crippen LogP) is 4.09. The average molecular weight is 479 g/mol. The maximum absolute atomic E-state index is 13.5. The molecule has 6 nitrogen and oxygen atoms in total. The van der Waals surface area contributed by atoms with E-state index >= 15 is 0 Å². The highest BCUT2D eigenvalue weighted by atomic mass is 32.2. The van der Waals surface area contributed by atoms with E-state index in [9.17, 15) is 13.2 Å². The van der Waals surface area contributed by atoms with Crippen LogP contribution in [0.5, 0.6) is 5.75 Å². The Labute approximate surface area is 201 Å². The van der Waals surface area contributed by atoms with E-state index in [0.29, 0.717) is 0 Å². The van der Waals surface area contributed by atoms with Gasteiger partial charge in [-0.1, -0.05) is 60.7 Å². The lowest BCUT2D eigenvalue weighted by atomic mass is 9.87. The van der Waals surface area contributed by atoms with Crippen LogP contribution in [0, 0.1) is 6.92 Å². The lowest BCUT2D eigenvalue weighted by Gasteiger charge is -2.28. The molecule has 1 aliphatic rings. The maximum Gasteiger partial charge on any atom is 0.244 e. The molecule has 7 heteroatoms. The highest BCUT2D eigenvalue weighted by Crippen LogP contribution is 2.30. The zero-order chi connectivity index (χ0) is 24.1. The first kappa shape index (κ1) is 24.0. The number of ether oxygens (including phenoxy) is 1. The molecule has 1 amide bonds. The molecule has 0 radical (unpaired) electrons. The van der Waals surface area contributed by atoms with Crippen molar-refractivity contribution < 1.29 is 17.9 Å². The molecule has 2 N–H and O–H groups in total. The van der Waals surface area contributed by atoms with Crippen LogP contribution < -0.4 is 14.8 Å². The number of hydrogen-bond acceptors (Lipinski definition) is 4. The quantitative estimate of drug-likeness (QED) is 0.511. The van der Waals surface area contributed by atoms with E-state index in [1.54, 1.807) is 18.2 Å². The van der Waals surface area contributed by atoms with E-state index in [2.05, 4.69) is 16.1 Å². The van der Waals surface area contributed by atoms with Gasteiger partial charge in [-0.25, -0.2) is 8.42 Å². The zero-order valence-corrected chi connectivity index (χ0v) is 20.3. The maximum atomic E-state index is 13.5. The van der Waals surface area contributed by atoms with Gasteiger partial charge in [-0.15, -0.1) is 0 Å². The van der Waals surface area contributed by atoms with Crippen LogP contribution in [-0.2, 0) is 27.7 Å². The van der Waals surface area contributed by atoms with Crippen molar-refractivity contribution in [1.82, 2.24) is 10.0 Å². The fourth-order valence-electron chi connectivity index (χ4n) is 4.46. The lowest BCUT2D eigenvalue weighted by molar-refractivity contribution is -0.123. The lowest BCUT2D eigenvalue weighted by Crippen LogP contribution is -2.49. The van der Waals surface area contributed by atoms with E-state index in [4.69, 9.17) is 4.74 Å². The minimum absolute atomic E-state index is 0.0175. The Balaban J connectivity index is 1.62. The summed E-state index contributed by atoms with van der Waals surface area (Å²) in [5.74, 6) is -0.112. The smallest absolute Gasteiger partial charge is 0.244 e. The third-order valence-corrected chi connectivity index (χ3v) is 7.68. The molecule has 2 unspecified atom stereocenters. The van der Waals surface area contributed by atoms with Crippen LogP contribution in [0.2, 0.25) is 0 Å². The van der Waals surface area contributed by atoms with Gasteiger partial charge < -0.3 is 10.1 Å². The largest absolute Gasteiger partial charge is 0.495 e. The van der Waals surface area contributed by atoms with Crippen LogP contribution in [0.3, 0.4) is 0 Å². The summed E-state index contributed by atoms with van der Waals surface area (Å²) in [7, 11) is -2.60. The number of carbonyl (C=O) groups is 1. The molecule has 0 spiro atoms. The summed E-state index contributed by atoms with van der Waals surface area (Å²) in [6.45, 7) is 1.81. The van der Waals surface area contributed by atoms with E-state index in [1.165, 1.54) is 12.7 Å². The number of carbonyl (C=O) groups excluding carboxylic acids is 1. The molecule has 4 rings (SSSR count). The fraction of sp³-hybridized carbons (Fsp3) is 0.296. The van der Waals surface area contributed by atoms with Gasteiger partial charge in [-0.2, -0.15) is 4.72 Å². The number of hydrogen-bond donors (Lipinski definition) is 2. The number of methoxy groups -OCH3 is 1. The monoisotopic (exact) mass is 478 g/mol. The average Bonchev–Trinajstić information content (AvgIpc) is 2.84. The van der Waals surface area contributed by atoms with Crippen molar-refractivity contribution in [3.8, 4) is 5.75 Å². The minimum atomic E-state index is -4.03. The highest BCUT2D eigenvalue weighted by Gasteiger charge is 2.30. The van der Waals surface area contributed by atoms with Gasteiger partial charge in [0.05, 0.1) is 13.2 Å². The molecular weight excluding hydrogens is 448 g/mol. The van der Waals surface area contributed by atoms with Crippen molar-refractivity contribution in [2.24, 2.45) is 0 Å². The second-order valence-corrected chi connectivity index (χ2v) is 10.4. The van der Waals surface area contributed by atoms with E-state index in [1.807, 2.05) is 55.5 Å². The molecule has 1 aliphatic carbocycles. The molecule has 0 aromatic heterocycles. The number of rotatable bonds is 8. The van der Waals surface area contributed by atoms with Crippen LogP contribution in [0.4, 0.5) is 0 Å². The SMILES string of the molecule is COc1ccc(C)cc1S(=O)(=O)NC(Cc1ccccc1)C(=O)NC1CCCc2ccccc21. The van der Waals surface area contributed by atoms with Crippen molar-refractivity contribution in [2.75, 3.05) is 7.11 Å². The third kappa shape index (κ3) is 5.48. The first-order valence-electron chi connectivity index (χ1n) is 11.5. The van der Waals surface area contributed by atoms with Gasteiger partial charge in [0.2, 0.25) is 15.9 Å². The Morgan fingerprint density at radius 2 is 1.79 bits per heavy atom. The van der Waals surface area contributed by atoms with Crippen molar-refractivity contribution in [3.05, 3.63) is 95.1 Å². The summed E-state index contributed by atoms with van der Waals surface area (Å²) in [5, 5.41) is 3.11. The number of nitrogens with one attached hydrogen (secondary N) is 2. The van der Waals surface area contributed by atoms with Gasteiger partial charge in [0.1, 0.15) is 16.7 Å². The van der Waals surface area contributed by atoms with Gasteiger partial charge in [0.25, 0.3) is 0 Å². The van der Waals surface area contributed by atoms with Crippen LogP contribution >= 0.6 is 0 Å². The van der Waals surface area contributed by atoms with Crippen molar-refractivity contribution in [3.63, 3.8) is 0 Å². The number of benzene rings is 3. The molecule has 0 heterocycles.